The van der Waals surface area contributed by atoms with Crippen LogP contribution in [0.1, 0.15) is 5.56 Å². The van der Waals surface area contributed by atoms with E-state index in [9.17, 15) is 18.0 Å². The fraction of sp³-hybridized carbons (Fsp3) is 0.273. The number of nitrogens with zero attached hydrogens (tertiary/aromatic N) is 2. The first-order valence-corrected chi connectivity index (χ1v) is 5.15. The Bertz CT molecular complexity index is 511. The lowest BCUT2D eigenvalue weighted by Crippen LogP contribution is -2.47. The van der Waals surface area contributed by atoms with Crippen molar-refractivity contribution in [1.82, 2.24) is 0 Å². The number of anilines is 1. The van der Waals surface area contributed by atoms with Gasteiger partial charge in [0.05, 0.1) is 6.54 Å². The molecule has 4 nitrogen and oxygen atoms in total. The van der Waals surface area contributed by atoms with Gasteiger partial charge in [0, 0.05) is 5.69 Å². The van der Waals surface area contributed by atoms with Crippen LogP contribution in [-0.2, 0) is 11.3 Å². The average Bonchev–Trinajstić information content (AvgIpc) is 2.27. The fourth-order valence-corrected chi connectivity index (χ4v) is 1.82. The Morgan fingerprint density at radius 3 is 2.67 bits per heavy atom. The summed E-state index contributed by atoms with van der Waals surface area (Å²) in [5.74, 6) is -1.32. The first-order valence-electron chi connectivity index (χ1n) is 5.15. The lowest BCUT2D eigenvalue weighted by molar-refractivity contribution is -0.118. The molecule has 7 heteroatoms. The summed E-state index contributed by atoms with van der Waals surface area (Å²) in [6.45, 7) is -1.13. The molecule has 1 aliphatic rings. The minimum Gasteiger partial charge on any atom is -0.363 e. The van der Waals surface area contributed by atoms with E-state index in [0.717, 1.165) is 4.90 Å². The lowest BCUT2D eigenvalue weighted by Gasteiger charge is -2.30. The summed E-state index contributed by atoms with van der Waals surface area (Å²) in [7, 11) is 0. The van der Waals surface area contributed by atoms with E-state index in [1.54, 1.807) is 18.2 Å². The zero-order valence-corrected chi connectivity index (χ0v) is 9.24. The number of nitrogens with two attached hydrogens (primary N) is 1. The SMILES string of the molecule is NC(=O)C1=NCc2ccccc2N1CC(F)(F)F. The second-order valence-electron chi connectivity index (χ2n) is 3.83. The molecule has 2 rings (SSSR count). The predicted octanol–water partition coefficient (Wildman–Crippen LogP) is 1.45. The monoisotopic (exact) mass is 257 g/mol. The molecule has 1 amide bonds. The van der Waals surface area contributed by atoms with E-state index in [2.05, 4.69) is 4.99 Å². The van der Waals surface area contributed by atoms with Gasteiger partial charge in [-0.3, -0.25) is 9.79 Å². The third-order valence-corrected chi connectivity index (χ3v) is 2.50. The van der Waals surface area contributed by atoms with Crippen molar-refractivity contribution in [2.24, 2.45) is 10.7 Å². The van der Waals surface area contributed by atoms with Gasteiger partial charge in [-0.25, -0.2) is 0 Å². The molecule has 96 valence electrons. The molecule has 1 heterocycles. The smallest absolute Gasteiger partial charge is 0.363 e. The van der Waals surface area contributed by atoms with Crippen LogP contribution >= 0.6 is 0 Å². The van der Waals surface area contributed by atoms with Crippen LogP contribution < -0.4 is 10.6 Å². The number of carbonyl (C=O) groups is 1. The molecular formula is C11H10F3N3O. The highest BCUT2D eigenvalue weighted by Crippen LogP contribution is 2.29. The van der Waals surface area contributed by atoms with Crippen LogP contribution in [0.4, 0.5) is 18.9 Å². The Morgan fingerprint density at radius 1 is 1.39 bits per heavy atom. The molecule has 1 aromatic rings. The van der Waals surface area contributed by atoms with Gasteiger partial charge >= 0.3 is 6.18 Å². The van der Waals surface area contributed by atoms with Crippen LogP contribution in [0.25, 0.3) is 0 Å². The largest absolute Gasteiger partial charge is 0.406 e. The summed E-state index contributed by atoms with van der Waals surface area (Å²) >= 11 is 0. The maximum absolute atomic E-state index is 12.5. The molecule has 1 aliphatic heterocycles. The lowest BCUT2D eigenvalue weighted by atomic mass is 10.1. The number of benzene rings is 1. The van der Waals surface area contributed by atoms with Crippen molar-refractivity contribution in [2.75, 3.05) is 11.4 Å². The van der Waals surface area contributed by atoms with Crippen molar-refractivity contribution in [3.8, 4) is 0 Å². The summed E-state index contributed by atoms with van der Waals surface area (Å²) in [6, 6.07) is 6.49. The Hall–Kier alpha value is -2.05. The second kappa shape index (κ2) is 4.32. The van der Waals surface area contributed by atoms with E-state index >= 15 is 0 Å². The molecule has 0 saturated carbocycles. The molecule has 2 N–H and O–H groups in total. The Labute approximate surface area is 101 Å². The minimum absolute atomic E-state index is 0.156. The van der Waals surface area contributed by atoms with Crippen LogP contribution in [0.15, 0.2) is 29.3 Å². The molecule has 0 bridgehead atoms. The summed E-state index contributed by atoms with van der Waals surface area (Å²) < 4.78 is 37.6. The summed E-state index contributed by atoms with van der Waals surface area (Å²) in [4.78, 5) is 15.8. The van der Waals surface area contributed by atoms with Crippen LogP contribution in [0.5, 0.6) is 0 Å². The van der Waals surface area contributed by atoms with Crippen molar-refractivity contribution in [2.45, 2.75) is 12.7 Å². The van der Waals surface area contributed by atoms with Gasteiger partial charge in [0.2, 0.25) is 0 Å². The maximum atomic E-state index is 12.5. The molecule has 0 aromatic heterocycles. The van der Waals surface area contributed by atoms with Crippen LogP contribution in [0.3, 0.4) is 0 Å². The van der Waals surface area contributed by atoms with E-state index < -0.39 is 18.6 Å². The quantitative estimate of drug-likeness (QED) is 0.871. The first-order chi connectivity index (χ1) is 8.38. The number of fused-ring (bicyclic) bond motifs is 1. The molecule has 0 saturated heterocycles. The zero-order valence-electron chi connectivity index (χ0n) is 9.24. The molecule has 0 spiro atoms. The normalized spacial score (nSPS) is 15.1. The zero-order chi connectivity index (χ0) is 13.3. The number of aliphatic imine (C=N–C) groups is 1. The Balaban J connectivity index is 2.43. The Morgan fingerprint density at radius 2 is 2.06 bits per heavy atom. The first kappa shape index (κ1) is 12.4. The molecule has 0 unspecified atom stereocenters. The van der Waals surface area contributed by atoms with Gasteiger partial charge in [-0.05, 0) is 11.6 Å². The van der Waals surface area contributed by atoms with Crippen LogP contribution in [0, 0.1) is 0 Å². The molecule has 0 atom stereocenters. The molecule has 0 aliphatic carbocycles. The van der Waals surface area contributed by atoms with Crippen molar-refractivity contribution in [1.29, 1.82) is 0 Å². The van der Waals surface area contributed by atoms with Gasteiger partial charge in [0.15, 0.2) is 5.84 Å². The molecule has 18 heavy (non-hydrogen) atoms. The number of hydrogen-bond acceptors (Lipinski definition) is 3. The van der Waals surface area contributed by atoms with Crippen molar-refractivity contribution in [3.63, 3.8) is 0 Å². The summed E-state index contributed by atoms with van der Waals surface area (Å²) in [5, 5.41) is 0. The van der Waals surface area contributed by atoms with Gasteiger partial charge in [0.1, 0.15) is 6.54 Å². The second-order valence-corrected chi connectivity index (χ2v) is 3.83. The van der Waals surface area contributed by atoms with Gasteiger partial charge in [-0.2, -0.15) is 13.2 Å². The number of alkyl halides is 3. The molecule has 0 fully saturated rings. The topological polar surface area (TPSA) is 58.7 Å². The standard InChI is InChI=1S/C11H10F3N3O/c12-11(13,14)6-17-8-4-2-1-3-7(8)5-16-10(17)9(15)18/h1-4H,5-6H2,(H2,15,18). The van der Waals surface area contributed by atoms with Crippen molar-refractivity contribution in [3.05, 3.63) is 29.8 Å². The van der Waals surface area contributed by atoms with E-state index in [4.69, 9.17) is 5.73 Å². The minimum atomic E-state index is -4.44. The summed E-state index contributed by atoms with van der Waals surface area (Å²) in [5.41, 5.74) is 6.00. The highest BCUT2D eigenvalue weighted by molar-refractivity contribution is 6.42. The van der Waals surface area contributed by atoms with Gasteiger partial charge in [0.25, 0.3) is 5.91 Å². The average molecular weight is 257 g/mol. The van der Waals surface area contributed by atoms with Gasteiger partial charge in [-0.1, -0.05) is 18.2 Å². The third kappa shape index (κ3) is 2.44. The Kier molecular flexibility index (Phi) is 2.98. The number of carbonyl (C=O) groups excluding carboxylic acids is 1. The number of rotatable bonds is 2. The third-order valence-electron chi connectivity index (χ3n) is 2.50. The highest BCUT2D eigenvalue weighted by Gasteiger charge is 2.36. The maximum Gasteiger partial charge on any atom is 0.406 e. The van der Waals surface area contributed by atoms with Gasteiger partial charge < -0.3 is 10.6 Å². The number of para-hydroxylation sites is 1. The number of halogens is 3. The van der Waals surface area contributed by atoms with E-state index in [0.29, 0.717) is 11.3 Å². The van der Waals surface area contributed by atoms with Crippen molar-refractivity contribution >= 4 is 17.4 Å². The molecule has 0 radical (unpaired) electrons. The number of amidine groups is 1. The van der Waals surface area contributed by atoms with Crippen LogP contribution in [0.2, 0.25) is 0 Å². The van der Waals surface area contributed by atoms with Gasteiger partial charge in [-0.15, -0.1) is 0 Å². The number of hydrogen-bond donors (Lipinski definition) is 1. The number of amides is 1. The number of primary amides is 1. The van der Waals surface area contributed by atoms with E-state index in [1.165, 1.54) is 6.07 Å². The predicted molar refractivity (Wildman–Crippen MR) is 60.2 cm³/mol. The van der Waals surface area contributed by atoms with Crippen LogP contribution in [-0.4, -0.2) is 24.5 Å². The van der Waals surface area contributed by atoms with E-state index in [-0.39, 0.29) is 12.4 Å². The van der Waals surface area contributed by atoms with Crippen molar-refractivity contribution < 1.29 is 18.0 Å². The van der Waals surface area contributed by atoms with E-state index in [1.807, 2.05) is 0 Å². The highest BCUT2D eigenvalue weighted by atomic mass is 19.4. The molecular weight excluding hydrogens is 247 g/mol. The summed E-state index contributed by atoms with van der Waals surface area (Å²) in [6.07, 6.45) is -4.44. The molecule has 1 aromatic carbocycles. The fourth-order valence-electron chi connectivity index (χ4n) is 1.82.